The van der Waals surface area contributed by atoms with E-state index in [9.17, 15) is 4.79 Å². The lowest BCUT2D eigenvalue weighted by Gasteiger charge is -2.41. The summed E-state index contributed by atoms with van der Waals surface area (Å²) in [5, 5.41) is 0. The molecule has 0 spiro atoms. The number of amides is 1. The molecule has 0 radical (unpaired) electrons. The van der Waals surface area contributed by atoms with Crippen LogP contribution in [-0.4, -0.2) is 28.8 Å². The van der Waals surface area contributed by atoms with Crippen LogP contribution in [0.5, 0.6) is 0 Å². The Labute approximate surface area is 167 Å². The molecule has 0 aliphatic carbocycles. The smallest absolute Gasteiger partial charge is 0.244 e. The van der Waals surface area contributed by atoms with Gasteiger partial charge >= 0.3 is 0 Å². The van der Waals surface area contributed by atoms with E-state index in [-0.39, 0.29) is 11.9 Å². The topological polar surface area (TPSA) is 23.6 Å². The molecule has 4 rings (SSSR count). The molecule has 1 atom stereocenters. The quantitative estimate of drug-likeness (QED) is 0.656. The van der Waals surface area contributed by atoms with E-state index in [0.29, 0.717) is 6.54 Å². The highest BCUT2D eigenvalue weighted by atomic mass is 16.2. The molecule has 142 valence electrons. The molecule has 3 heteroatoms. The SMILES string of the molecule is Cc1ccc(C2C(=O)N(Cc3ccccc3)CCN2Cc2ccccc2)cc1. The third-order valence-corrected chi connectivity index (χ3v) is 5.41. The van der Waals surface area contributed by atoms with Crippen molar-refractivity contribution in [2.75, 3.05) is 13.1 Å². The maximum absolute atomic E-state index is 13.5. The van der Waals surface area contributed by atoms with Gasteiger partial charge in [0.2, 0.25) is 5.91 Å². The van der Waals surface area contributed by atoms with Crippen LogP contribution in [0, 0.1) is 6.92 Å². The fraction of sp³-hybridized carbons (Fsp3) is 0.240. The minimum Gasteiger partial charge on any atom is -0.335 e. The van der Waals surface area contributed by atoms with Gasteiger partial charge in [0.05, 0.1) is 0 Å². The van der Waals surface area contributed by atoms with Gasteiger partial charge in [-0.25, -0.2) is 0 Å². The maximum Gasteiger partial charge on any atom is 0.244 e. The van der Waals surface area contributed by atoms with Crippen LogP contribution in [0.25, 0.3) is 0 Å². The summed E-state index contributed by atoms with van der Waals surface area (Å²) in [4.78, 5) is 17.8. The predicted molar refractivity (Wildman–Crippen MR) is 113 cm³/mol. The third-order valence-electron chi connectivity index (χ3n) is 5.41. The van der Waals surface area contributed by atoms with E-state index in [4.69, 9.17) is 0 Å². The van der Waals surface area contributed by atoms with Gasteiger partial charge < -0.3 is 4.90 Å². The fourth-order valence-corrected chi connectivity index (χ4v) is 3.87. The highest BCUT2D eigenvalue weighted by Gasteiger charge is 2.35. The summed E-state index contributed by atoms with van der Waals surface area (Å²) in [6.07, 6.45) is 0. The standard InChI is InChI=1S/C25H26N2O/c1-20-12-14-23(15-13-20)24-25(28)27(19-22-10-6-3-7-11-22)17-16-26(24)18-21-8-4-2-5-9-21/h2-15,24H,16-19H2,1H3. The van der Waals surface area contributed by atoms with Crippen molar-refractivity contribution in [2.24, 2.45) is 0 Å². The van der Waals surface area contributed by atoms with E-state index in [0.717, 1.165) is 25.2 Å². The van der Waals surface area contributed by atoms with Crippen molar-refractivity contribution >= 4 is 5.91 Å². The van der Waals surface area contributed by atoms with Gasteiger partial charge in [-0.15, -0.1) is 0 Å². The van der Waals surface area contributed by atoms with Crippen LogP contribution in [-0.2, 0) is 17.9 Å². The van der Waals surface area contributed by atoms with Crippen LogP contribution >= 0.6 is 0 Å². The van der Waals surface area contributed by atoms with Gasteiger partial charge in [-0.2, -0.15) is 0 Å². The van der Waals surface area contributed by atoms with E-state index in [1.807, 2.05) is 29.2 Å². The molecule has 3 aromatic rings. The maximum atomic E-state index is 13.5. The zero-order valence-electron chi connectivity index (χ0n) is 16.3. The third kappa shape index (κ3) is 4.15. The summed E-state index contributed by atoms with van der Waals surface area (Å²) < 4.78 is 0. The molecule has 0 bridgehead atoms. The summed E-state index contributed by atoms with van der Waals surface area (Å²) in [7, 11) is 0. The number of hydrogen-bond donors (Lipinski definition) is 0. The van der Waals surface area contributed by atoms with Gasteiger partial charge in [-0.05, 0) is 23.6 Å². The van der Waals surface area contributed by atoms with Crippen molar-refractivity contribution in [3.05, 3.63) is 107 Å². The van der Waals surface area contributed by atoms with Gasteiger partial charge in [0, 0.05) is 26.2 Å². The Morgan fingerprint density at radius 1 is 0.750 bits per heavy atom. The lowest BCUT2D eigenvalue weighted by atomic mass is 9.99. The number of rotatable bonds is 5. The molecule has 3 nitrogen and oxygen atoms in total. The van der Waals surface area contributed by atoms with E-state index in [1.54, 1.807) is 0 Å². The lowest BCUT2D eigenvalue weighted by molar-refractivity contribution is -0.143. The monoisotopic (exact) mass is 370 g/mol. The van der Waals surface area contributed by atoms with E-state index < -0.39 is 0 Å². The fourth-order valence-electron chi connectivity index (χ4n) is 3.87. The number of piperazine rings is 1. The second-order valence-corrected chi connectivity index (χ2v) is 7.51. The Balaban J connectivity index is 1.60. The minimum atomic E-state index is -0.238. The van der Waals surface area contributed by atoms with Crippen LogP contribution < -0.4 is 0 Å². The number of carbonyl (C=O) groups is 1. The molecule has 28 heavy (non-hydrogen) atoms. The molecule has 0 aromatic heterocycles. The molecule has 1 saturated heterocycles. The molecule has 0 N–H and O–H groups in total. The number of benzene rings is 3. The number of nitrogens with zero attached hydrogens (tertiary/aromatic N) is 2. The van der Waals surface area contributed by atoms with E-state index >= 15 is 0 Å². The summed E-state index contributed by atoms with van der Waals surface area (Å²) in [5.41, 5.74) is 4.70. The highest BCUT2D eigenvalue weighted by molar-refractivity contribution is 5.84. The molecule has 1 amide bonds. The minimum absolute atomic E-state index is 0.190. The van der Waals surface area contributed by atoms with E-state index in [1.165, 1.54) is 16.7 Å². The Morgan fingerprint density at radius 3 is 1.93 bits per heavy atom. The van der Waals surface area contributed by atoms with Gasteiger partial charge in [0.25, 0.3) is 0 Å². The second kappa shape index (κ2) is 8.41. The first-order chi connectivity index (χ1) is 13.7. The number of carbonyl (C=O) groups excluding carboxylic acids is 1. The first kappa shape index (κ1) is 18.5. The molecule has 0 saturated carbocycles. The Kier molecular flexibility index (Phi) is 5.54. The van der Waals surface area contributed by atoms with Crippen molar-refractivity contribution in [1.29, 1.82) is 0 Å². The summed E-state index contributed by atoms with van der Waals surface area (Å²) in [6.45, 7) is 5.15. The molecule has 1 aliphatic heterocycles. The largest absolute Gasteiger partial charge is 0.335 e. The van der Waals surface area contributed by atoms with Crippen molar-refractivity contribution in [3.8, 4) is 0 Å². The van der Waals surface area contributed by atoms with Crippen molar-refractivity contribution in [2.45, 2.75) is 26.1 Å². The summed E-state index contributed by atoms with van der Waals surface area (Å²) in [6, 6.07) is 28.8. The van der Waals surface area contributed by atoms with Gasteiger partial charge in [0.15, 0.2) is 0 Å². The first-order valence-electron chi connectivity index (χ1n) is 9.88. The zero-order valence-corrected chi connectivity index (χ0v) is 16.3. The van der Waals surface area contributed by atoms with Crippen molar-refractivity contribution in [3.63, 3.8) is 0 Å². The van der Waals surface area contributed by atoms with Crippen LogP contribution in [0.4, 0.5) is 0 Å². The average Bonchev–Trinajstić information content (AvgIpc) is 2.73. The molecule has 1 heterocycles. The van der Waals surface area contributed by atoms with E-state index in [2.05, 4.69) is 72.5 Å². The summed E-state index contributed by atoms with van der Waals surface area (Å²) >= 11 is 0. The average molecular weight is 370 g/mol. The van der Waals surface area contributed by atoms with Gasteiger partial charge in [-0.1, -0.05) is 90.5 Å². The Hall–Kier alpha value is -2.91. The molecule has 3 aromatic carbocycles. The van der Waals surface area contributed by atoms with Gasteiger partial charge in [0.1, 0.15) is 6.04 Å². The van der Waals surface area contributed by atoms with Crippen molar-refractivity contribution < 1.29 is 4.79 Å². The highest BCUT2D eigenvalue weighted by Crippen LogP contribution is 2.29. The second-order valence-electron chi connectivity index (χ2n) is 7.51. The van der Waals surface area contributed by atoms with Gasteiger partial charge in [-0.3, -0.25) is 9.69 Å². The number of hydrogen-bond acceptors (Lipinski definition) is 2. The van der Waals surface area contributed by atoms with Crippen LogP contribution in [0.2, 0.25) is 0 Å². The number of aryl methyl sites for hydroxylation is 1. The normalized spacial score (nSPS) is 17.7. The molecular weight excluding hydrogens is 344 g/mol. The summed E-state index contributed by atoms with van der Waals surface area (Å²) in [5.74, 6) is 0.190. The first-order valence-corrected chi connectivity index (χ1v) is 9.88. The van der Waals surface area contributed by atoms with Crippen LogP contribution in [0.1, 0.15) is 28.3 Å². The van der Waals surface area contributed by atoms with Crippen LogP contribution in [0.3, 0.4) is 0 Å². The Bertz CT molecular complexity index is 906. The zero-order chi connectivity index (χ0) is 19.3. The molecule has 1 aliphatic rings. The Morgan fingerprint density at radius 2 is 1.32 bits per heavy atom. The molecular formula is C25H26N2O. The predicted octanol–water partition coefficient (Wildman–Crippen LogP) is 4.58. The van der Waals surface area contributed by atoms with Crippen LogP contribution in [0.15, 0.2) is 84.9 Å². The van der Waals surface area contributed by atoms with Crippen molar-refractivity contribution in [1.82, 2.24) is 9.80 Å². The molecule has 1 unspecified atom stereocenters. The molecule has 1 fully saturated rings. The lowest BCUT2D eigenvalue weighted by Crippen LogP contribution is -2.51.